The maximum absolute atomic E-state index is 10.4. The Morgan fingerprint density at radius 1 is 1.39 bits per heavy atom. The molecule has 0 bridgehead atoms. The van der Waals surface area contributed by atoms with Crippen molar-refractivity contribution in [1.29, 1.82) is 0 Å². The molecule has 0 radical (unpaired) electrons. The van der Waals surface area contributed by atoms with Gasteiger partial charge in [-0.3, -0.25) is 0 Å². The van der Waals surface area contributed by atoms with Crippen LogP contribution in [0.3, 0.4) is 0 Å². The van der Waals surface area contributed by atoms with Gasteiger partial charge in [0.2, 0.25) is 0 Å². The monoisotopic (exact) mass is 245 g/mol. The number of carboxylic acids is 1. The average Bonchev–Trinajstić information content (AvgIpc) is 3.12. The van der Waals surface area contributed by atoms with Crippen LogP contribution in [0, 0.1) is 5.92 Å². The van der Waals surface area contributed by atoms with Crippen LogP contribution in [-0.2, 0) is 11.3 Å². The van der Waals surface area contributed by atoms with Gasteiger partial charge in [-0.05, 0) is 43.0 Å². The van der Waals surface area contributed by atoms with Crippen LogP contribution in [0.1, 0.15) is 24.0 Å². The Kier molecular flexibility index (Phi) is 4.15. The maximum Gasteiger partial charge on any atom is 0.328 e. The summed E-state index contributed by atoms with van der Waals surface area (Å²) in [4.78, 5) is 12.7. The largest absolute Gasteiger partial charge is 0.478 e. The molecule has 0 aromatic heterocycles. The van der Waals surface area contributed by atoms with Crippen molar-refractivity contribution in [2.45, 2.75) is 19.4 Å². The quantitative estimate of drug-likeness (QED) is 0.783. The molecule has 1 aliphatic carbocycles. The van der Waals surface area contributed by atoms with Crippen LogP contribution in [0.15, 0.2) is 30.3 Å². The Hall–Kier alpha value is -1.61. The predicted octanol–water partition coefficient (Wildman–Crippen LogP) is 2.63. The Bertz CT molecular complexity index is 432. The summed E-state index contributed by atoms with van der Waals surface area (Å²) in [5.41, 5.74) is 2.19. The van der Waals surface area contributed by atoms with Gasteiger partial charge in [-0.25, -0.2) is 4.79 Å². The number of rotatable bonds is 6. The van der Waals surface area contributed by atoms with E-state index in [0.717, 1.165) is 24.1 Å². The number of nitrogens with zero attached hydrogens (tertiary/aromatic N) is 1. The standard InChI is InChI=1S/C15H19NO2/c1-16(11-14-6-7-14)10-13-4-2-12(3-5-13)8-9-15(17)18/h2-5,8-9,14H,6-7,10-11H2,1H3,(H,17,18). The van der Waals surface area contributed by atoms with E-state index in [1.54, 1.807) is 6.08 Å². The zero-order valence-electron chi connectivity index (χ0n) is 10.7. The van der Waals surface area contributed by atoms with Crippen LogP contribution in [0.5, 0.6) is 0 Å². The van der Waals surface area contributed by atoms with Gasteiger partial charge in [-0.2, -0.15) is 0 Å². The fourth-order valence-electron chi connectivity index (χ4n) is 2.02. The number of carboxylic acid groups (broad SMARTS) is 1. The Morgan fingerprint density at radius 2 is 2.06 bits per heavy atom. The molecule has 0 heterocycles. The molecular formula is C15H19NO2. The smallest absolute Gasteiger partial charge is 0.328 e. The van der Waals surface area contributed by atoms with Gasteiger partial charge in [0.15, 0.2) is 0 Å². The van der Waals surface area contributed by atoms with Crippen molar-refractivity contribution in [2.75, 3.05) is 13.6 Å². The maximum atomic E-state index is 10.4. The van der Waals surface area contributed by atoms with E-state index < -0.39 is 5.97 Å². The van der Waals surface area contributed by atoms with Gasteiger partial charge in [0.25, 0.3) is 0 Å². The lowest BCUT2D eigenvalue weighted by Gasteiger charge is -2.16. The van der Waals surface area contributed by atoms with Crippen molar-refractivity contribution < 1.29 is 9.90 Å². The second-order valence-electron chi connectivity index (χ2n) is 5.05. The Labute approximate surface area is 108 Å². The first-order valence-electron chi connectivity index (χ1n) is 6.32. The molecule has 0 amide bonds. The van der Waals surface area contributed by atoms with E-state index in [-0.39, 0.29) is 0 Å². The first kappa shape index (κ1) is 12.8. The van der Waals surface area contributed by atoms with Crippen LogP contribution >= 0.6 is 0 Å². The van der Waals surface area contributed by atoms with Crippen molar-refractivity contribution in [2.24, 2.45) is 5.92 Å². The predicted molar refractivity (Wildman–Crippen MR) is 72.2 cm³/mol. The molecule has 0 aliphatic heterocycles. The number of hydrogen-bond acceptors (Lipinski definition) is 2. The van der Waals surface area contributed by atoms with E-state index in [1.807, 2.05) is 12.1 Å². The second kappa shape index (κ2) is 5.83. The minimum Gasteiger partial charge on any atom is -0.478 e. The molecular weight excluding hydrogens is 226 g/mol. The van der Waals surface area contributed by atoms with Gasteiger partial charge in [-0.1, -0.05) is 24.3 Å². The summed E-state index contributed by atoms with van der Waals surface area (Å²) in [6, 6.07) is 8.04. The first-order chi connectivity index (χ1) is 8.63. The molecule has 3 heteroatoms. The van der Waals surface area contributed by atoms with E-state index in [9.17, 15) is 4.79 Å². The number of benzene rings is 1. The van der Waals surface area contributed by atoms with Gasteiger partial charge in [0, 0.05) is 19.2 Å². The fraction of sp³-hybridized carbons (Fsp3) is 0.400. The summed E-state index contributed by atoms with van der Waals surface area (Å²) >= 11 is 0. The molecule has 1 aromatic carbocycles. The zero-order valence-corrected chi connectivity index (χ0v) is 10.7. The van der Waals surface area contributed by atoms with Gasteiger partial charge in [-0.15, -0.1) is 0 Å². The van der Waals surface area contributed by atoms with E-state index in [1.165, 1.54) is 24.9 Å². The molecule has 18 heavy (non-hydrogen) atoms. The first-order valence-corrected chi connectivity index (χ1v) is 6.32. The summed E-state index contributed by atoms with van der Waals surface area (Å²) in [7, 11) is 2.15. The summed E-state index contributed by atoms with van der Waals surface area (Å²) in [5.74, 6) is -0.00369. The van der Waals surface area contributed by atoms with Crippen molar-refractivity contribution in [3.8, 4) is 0 Å². The number of aliphatic carboxylic acids is 1. The molecule has 1 fully saturated rings. The lowest BCUT2D eigenvalue weighted by molar-refractivity contribution is -0.131. The van der Waals surface area contributed by atoms with Gasteiger partial charge in [0.05, 0.1) is 0 Å². The Balaban J connectivity index is 1.88. The third kappa shape index (κ3) is 4.34. The molecule has 2 rings (SSSR count). The average molecular weight is 245 g/mol. The molecule has 0 unspecified atom stereocenters. The fourth-order valence-corrected chi connectivity index (χ4v) is 2.02. The SMILES string of the molecule is CN(Cc1ccc(C=CC(=O)O)cc1)CC1CC1. The molecule has 1 saturated carbocycles. The van der Waals surface area contributed by atoms with Gasteiger partial charge in [0.1, 0.15) is 0 Å². The van der Waals surface area contributed by atoms with Crippen LogP contribution < -0.4 is 0 Å². The molecule has 0 atom stereocenters. The van der Waals surface area contributed by atoms with Gasteiger partial charge >= 0.3 is 5.97 Å². The number of carbonyl (C=O) groups is 1. The minimum absolute atomic E-state index is 0.910. The lowest BCUT2D eigenvalue weighted by atomic mass is 10.1. The minimum atomic E-state index is -0.914. The molecule has 3 nitrogen and oxygen atoms in total. The van der Waals surface area contributed by atoms with Crippen LogP contribution in [0.4, 0.5) is 0 Å². The molecule has 0 saturated heterocycles. The third-order valence-corrected chi connectivity index (χ3v) is 3.12. The normalized spacial score (nSPS) is 15.4. The van der Waals surface area contributed by atoms with E-state index in [0.29, 0.717) is 0 Å². The van der Waals surface area contributed by atoms with Crippen LogP contribution in [0.2, 0.25) is 0 Å². The third-order valence-electron chi connectivity index (χ3n) is 3.12. The zero-order chi connectivity index (χ0) is 13.0. The van der Waals surface area contributed by atoms with Crippen LogP contribution in [0.25, 0.3) is 6.08 Å². The molecule has 96 valence electrons. The second-order valence-corrected chi connectivity index (χ2v) is 5.05. The van der Waals surface area contributed by atoms with E-state index in [4.69, 9.17) is 5.11 Å². The van der Waals surface area contributed by atoms with E-state index >= 15 is 0 Å². The summed E-state index contributed by atoms with van der Waals surface area (Å²) < 4.78 is 0. The highest BCUT2D eigenvalue weighted by Gasteiger charge is 2.22. The highest BCUT2D eigenvalue weighted by Crippen LogP contribution is 2.29. The molecule has 1 N–H and O–H groups in total. The van der Waals surface area contributed by atoms with Gasteiger partial charge < -0.3 is 10.0 Å². The highest BCUT2D eigenvalue weighted by atomic mass is 16.4. The van der Waals surface area contributed by atoms with Crippen molar-refractivity contribution >= 4 is 12.0 Å². The van der Waals surface area contributed by atoms with Crippen molar-refractivity contribution in [1.82, 2.24) is 4.90 Å². The summed E-state index contributed by atoms with van der Waals surface area (Å²) in [6.07, 6.45) is 5.53. The topological polar surface area (TPSA) is 40.5 Å². The van der Waals surface area contributed by atoms with Crippen molar-refractivity contribution in [3.63, 3.8) is 0 Å². The lowest BCUT2D eigenvalue weighted by Crippen LogP contribution is -2.20. The molecule has 0 spiro atoms. The van der Waals surface area contributed by atoms with Crippen LogP contribution in [-0.4, -0.2) is 29.6 Å². The van der Waals surface area contributed by atoms with E-state index in [2.05, 4.69) is 24.1 Å². The highest BCUT2D eigenvalue weighted by molar-refractivity contribution is 5.85. The summed E-state index contributed by atoms with van der Waals surface area (Å²) in [5, 5.41) is 8.54. The molecule has 1 aliphatic rings. The van der Waals surface area contributed by atoms with Crippen molar-refractivity contribution in [3.05, 3.63) is 41.5 Å². The molecule has 1 aromatic rings. The summed E-state index contributed by atoms with van der Waals surface area (Å²) in [6.45, 7) is 2.14. The number of hydrogen-bond donors (Lipinski definition) is 1. The Morgan fingerprint density at radius 3 is 2.61 bits per heavy atom.